The van der Waals surface area contributed by atoms with Gasteiger partial charge in [0.25, 0.3) is 0 Å². The van der Waals surface area contributed by atoms with Crippen molar-refractivity contribution >= 4 is 95.6 Å². The Hall–Kier alpha value is -7.56. The molecule has 9 aromatic rings. The van der Waals surface area contributed by atoms with E-state index in [4.69, 9.17) is 39.9 Å². The molecule has 2 aliphatic heterocycles. The van der Waals surface area contributed by atoms with Gasteiger partial charge in [0, 0.05) is 69.2 Å². The smallest absolute Gasteiger partial charge is 0.357 e. The number of benzene rings is 6. The molecule has 1 radical (unpaired) electrons. The molecule has 3 aromatic heterocycles. The Kier molecular flexibility index (Phi) is 32.6. The molecule has 2 aliphatic rings. The van der Waals surface area contributed by atoms with Crippen LogP contribution in [-0.2, 0) is 70.0 Å². The maximum Gasteiger partial charge on any atom is 2.00 e. The Balaban J connectivity index is 0.000000298. The molecule has 0 unspecified atom stereocenters. The van der Waals surface area contributed by atoms with Crippen LogP contribution in [0.15, 0.2) is 146 Å². The molecule has 0 spiro atoms. The molecule has 0 aliphatic carbocycles. The fourth-order valence-corrected chi connectivity index (χ4v) is 12.4. The third kappa shape index (κ3) is 28.5. The van der Waals surface area contributed by atoms with Crippen LogP contribution in [0, 0.1) is 0 Å². The van der Waals surface area contributed by atoms with E-state index >= 15 is 0 Å². The summed E-state index contributed by atoms with van der Waals surface area (Å²) in [7, 11) is -0.0292. The maximum absolute atomic E-state index is 11.0. The van der Waals surface area contributed by atoms with Crippen LogP contribution in [0.25, 0.3) is 89.7 Å². The van der Waals surface area contributed by atoms with Crippen molar-refractivity contribution in [1.82, 2.24) is 49.3 Å². The van der Waals surface area contributed by atoms with Gasteiger partial charge in [0.1, 0.15) is 0 Å². The molecule has 0 amide bonds. The number of hydrogen-bond acceptors (Lipinski definition) is 14. The molecule has 0 atom stereocenters. The molecule has 5 heterocycles. The Morgan fingerprint density at radius 3 is 0.910 bits per heavy atom. The summed E-state index contributed by atoms with van der Waals surface area (Å²) in [6, 6.07) is 47.0. The van der Waals surface area contributed by atoms with Crippen LogP contribution >= 0.6 is 0 Å². The van der Waals surface area contributed by atoms with Crippen LogP contribution in [0.3, 0.4) is 0 Å². The first-order valence-electron chi connectivity index (χ1n) is 32.5. The van der Waals surface area contributed by atoms with E-state index < -0.39 is 40.1 Å². The van der Waals surface area contributed by atoms with Crippen molar-refractivity contribution in [2.24, 2.45) is 0 Å². The molecule has 27 heteroatoms. The van der Waals surface area contributed by atoms with E-state index in [0.29, 0.717) is 70.4 Å². The number of aryl methyl sites for hydroxylation is 2. The summed E-state index contributed by atoms with van der Waals surface area (Å²) < 4.78 is 98.0. The number of aromatic nitrogens is 8. The van der Waals surface area contributed by atoms with Crippen molar-refractivity contribution in [1.29, 1.82) is 0 Å². The predicted molar refractivity (Wildman–Crippen MR) is 409 cm³/mol. The molecule has 0 fully saturated rings. The van der Waals surface area contributed by atoms with E-state index in [0.717, 1.165) is 97.6 Å². The number of fused-ring (bicyclic) bond motifs is 20. The summed E-state index contributed by atoms with van der Waals surface area (Å²) in [4.78, 5) is 39.3. The molecule has 6 aromatic carbocycles. The average molecular weight is 1500 g/mol. The van der Waals surface area contributed by atoms with E-state index in [1.807, 2.05) is 167 Å². The third-order valence-electron chi connectivity index (χ3n) is 15.0. The summed E-state index contributed by atoms with van der Waals surface area (Å²) in [6.45, 7) is 7.21. The number of sulfonamides is 4. The molecule has 545 valence electrons. The van der Waals surface area contributed by atoms with Crippen molar-refractivity contribution in [3.8, 4) is 45.6 Å². The quantitative estimate of drug-likeness (QED) is 0.0263. The Morgan fingerprint density at radius 2 is 0.640 bits per heavy atom. The summed E-state index contributed by atoms with van der Waals surface area (Å²) in [5.74, 6) is 2.21. The second kappa shape index (κ2) is 38.5. The minimum absolute atomic E-state index is 0. The van der Waals surface area contributed by atoms with Crippen LogP contribution < -0.4 is 28.9 Å². The van der Waals surface area contributed by atoms with Crippen LogP contribution in [0.4, 0.5) is 11.4 Å². The van der Waals surface area contributed by atoms with Gasteiger partial charge in [-0.2, -0.15) is 0 Å². The Morgan fingerprint density at radius 1 is 0.350 bits per heavy atom. The van der Waals surface area contributed by atoms with Crippen LogP contribution in [0.5, 0.6) is 0 Å². The molecule has 22 nitrogen and oxygen atoms in total. The van der Waals surface area contributed by atoms with Gasteiger partial charge in [-0.25, -0.2) is 53.1 Å². The molecule has 4 N–H and O–H groups in total. The predicted octanol–water partition coefficient (Wildman–Crippen LogP) is 12.6. The average Bonchev–Trinajstić information content (AvgIpc) is 1.62. The van der Waals surface area contributed by atoms with Gasteiger partial charge in [0.15, 0.2) is 0 Å². The van der Waals surface area contributed by atoms with E-state index in [-0.39, 0.29) is 31.9 Å². The standard InChI is InChI=1S/C32H16N8.2C13H21NO2S.C7H19N2O2S.C6H17N2O2S.2CH4.Cu/c1-2-10-18-17(9-1)25-33-26(18)38-28-21-13-5-6-14-22(21)30(35-28)40-32-24-16-8-7-15-23(24)31(36-32)39-29-20-12-4-3-11-19(20)27(34-29)37-25;2*1-3-4-5-6-7-12-8-10-13(11-9-12)14-17(2,15)16;1-9(2,3)7-5-6-8-12(4,10)11;1-8(2,3)6-5-7-11(4,9)10;;;/h1-16H;2*8-11,14H,3-7H2,1-2H3;8H,5-7H2,1-4H3;7H,5-6H2,1-4H3;2*1H4;/q-2;;;2*+1;;;+2. The number of nitrogens with zero attached hydrogens (tertiary/aromatic N) is 10. The SMILES string of the molecule is C.C.CCCCCCc1ccc(NS(C)(=O)=O)cc1.CCCCCCc1ccc(NS(C)(=O)=O)cc1.C[N+](C)(C)CCCNS(C)(=O)=O.C[N+](C)(C)CCNS(C)(=O)=O.[Cu+2].c1ccc2c(c1)-c1nc-2nc2[n-]c(nc3nc(nc4[n-]c(n1)c1ccccc41)-c1ccccc1-3)c1ccccc21. The molecular weight excluding hydrogens is 1390 g/mol. The van der Waals surface area contributed by atoms with E-state index in [1.165, 1.54) is 75.0 Å². The van der Waals surface area contributed by atoms with Gasteiger partial charge in [-0.1, -0.05) is 189 Å². The van der Waals surface area contributed by atoms with E-state index in [9.17, 15) is 33.7 Å². The van der Waals surface area contributed by atoms with Gasteiger partial charge in [0.2, 0.25) is 40.1 Å². The Bertz CT molecular complexity index is 4350. The fourth-order valence-electron chi connectivity index (χ4n) is 10.3. The third-order valence-corrected chi connectivity index (χ3v) is 17.7. The number of nitrogens with one attached hydrogen (secondary N) is 4. The summed E-state index contributed by atoms with van der Waals surface area (Å²) in [6.07, 6.45) is 17.7. The van der Waals surface area contributed by atoms with Gasteiger partial charge >= 0.3 is 17.1 Å². The maximum atomic E-state index is 11.0. The second-order valence-electron chi connectivity index (χ2n) is 26.1. The molecule has 100 heavy (non-hydrogen) atoms. The second-order valence-corrected chi connectivity index (χ2v) is 33.3. The van der Waals surface area contributed by atoms with Crippen molar-refractivity contribution in [3.05, 3.63) is 157 Å². The minimum Gasteiger partial charge on any atom is -0.357 e. The van der Waals surface area contributed by atoms with Gasteiger partial charge < -0.3 is 38.9 Å². The van der Waals surface area contributed by atoms with Crippen molar-refractivity contribution in [2.75, 3.05) is 103 Å². The number of anilines is 2. The van der Waals surface area contributed by atoms with Crippen molar-refractivity contribution < 1.29 is 59.7 Å². The molecule has 0 saturated heterocycles. The Labute approximate surface area is 605 Å². The first-order chi connectivity index (χ1) is 45.7. The largest absolute Gasteiger partial charge is 2.00 e. The molecule has 11 rings (SSSR count). The topological polar surface area (TPSA) is 290 Å². The van der Waals surface area contributed by atoms with Gasteiger partial charge in [-0.3, -0.25) is 9.44 Å². The van der Waals surface area contributed by atoms with Crippen molar-refractivity contribution in [3.63, 3.8) is 0 Å². The molecule has 0 saturated carbocycles. The van der Waals surface area contributed by atoms with Crippen LogP contribution in [0.1, 0.15) is 97.6 Å². The zero-order chi connectivity index (χ0) is 70.6. The molecule has 8 bridgehead atoms. The summed E-state index contributed by atoms with van der Waals surface area (Å²) in [5.41, 5.74) is 9.57. The number of hydrogen-bond donors (Lipinski definition) is 4. The van der Waals surface area contributed by atoms with Crippen molar-refractivity contribution in [2.45, 2.75) is 99.3 Å². The first-order valence-corrected chi connectivity index (χ1v) is 40.0. The number of quaternary nitrogens is 2. The monoisotopic (exact) mass is 1490 g/mol. The number of unbranched alkanes of at least 4 members (excludes halogenated alkanes) is 6. The van der Waals surface area contributed by atoms with Crippen LogP contribution in [0.2, 0.25) is 0 Å². The van der Waals surface area contributed by atoms with Gasteiger partial charge in [0.05, 0.1) is 110 Å². The van der Waals surface area contributed by atoms with Gasteiger partial charge in [-0.15, -0.1) is 0 Å². The zero-order valence-electron chi connectivity index (χ0n) is 58.1. The van der Waals surface area contributed by atoms with Crippen LogP contribution in [-0.4, -0.2) is 166 Å². The normalized spacial score (nSPS) is 11.8. The first kappa shape index (κ1) is 84.9. The molecular formula is C73H102CuN14O8S4+2. The zero-order valence-corrected chi connectivity index (χ0v) is 62.3. The number of likely N-dealkylation sites (N-methyl/N-ethyl adjacent to an activating group) is 1. The summed E-state index contributed by atoms with van der Waals surface area (Å²) in [5, 5.41) is 3.57. The fraction of sp³-hybridized carbons (Fsp3) is 0.397. The van der Waals surface area contributed by atoms with Gasteiger partial charge in [-0.05, 0) is 82.6 Å². The van der Waals surface area contributed by atoms with E-state index in [1.54, 1.807) is 0 Å². The number of rotatable bonds is 23. The summed E-state index contributed by atoms with van der Waals surface area (Å²) >= 11 is 0. The minimum atomic E-state index is -3.16. The van der Waals surface area contributed by atoms with E-state index in [2.05, 4.69) is 53.9 Å².